The van der Waals surface area contributed by atoms with Gasteiger partial charge in [-0.15, -0.1) is 0 Å². The van der Waals surface area contributed by atoms with Crippen LogP contribution in [-0.4, -0.2) is 41.0 Å². The van der Waals surface area contributed by atoms with Gasteiger partial charge in [0, 0.05) is 6.54 Å². The van der Waals surface area contributed by atoms with Gasteiger partial charge in [-0.1, -0.05) is 76.0 Å². The number of benzene rings is 1. The van der Waals surface area contributed by atoms with Crippen molar-refractivity contribution in [3.05, 3.63) is 41.2 Å². The van der Waals surface area contributed by atoms with E-state index in [-0.39, 0.29) is 35.8 Å². The minimum Gasteiger partial charge on any atom is -0.493 e. The van der Waals surface area contributed by atoms with Crippen LogP contribution in [0.25, 0.3) is 0 Å². The highest BCUT2D eigenvalue weighted by atomic mass is 19.4. The standard InChI is InChI=1S/C30H47F3N4O3/c1-5-8-10-11-12-13-20-39-26-17-16-24(21-25(26)30(31,32)33)22(4)36-40-27(14-7-3)28-23(15-9-6-2)18-19-37(28)29(34)35-38/h14,16-17,21,23,28,38H,5-13,15,18-20H2,1-4H3,(H2,34,35)/b27-14+,36-22+/t23-,28+/m1/s1. The van der Waals surface area contributed by atoms with Crippen LogP contribution in [0.2, 0.25) is 0 Å². The molecule has 2 atom stereocenters. The molecule has 0 aliphatic carbocycles. The van der Waals surface area contributed by atoms with Crippen LogP contribution in [-0.2, 0) is 11.0 Å². The van der Waals surface area contributed by atoms with Gasteiger partial charge in [-0.2, -0.15) is 13.2 Å². The lowest BCUT2D eigenvalue weighted by Gasteiger charge is -2.29. The fourth-order valence-electron chi connectivity index (χ4n) is 5.08. The zero-order valence-electron chi connectivity index (χ0n) is 24.5. The topological polar surface area (TPSA) is 92.7 Å². The summed E-state index contributed by atoms with van der Waals surface area (Å²) in [5.41, 5.74) is 5.73. The number of guanidine groups is 1. The molecule has 2 rings (SSSR count). The molecule has 0 bridgehead atoms. The summed E-state index contributed by atoms with van der Waals surface area (Å²) in [5, 5.41) is 16.7. The molecule has 0 spiro atoms. The van der Waals surface area contributed by atoms with E-state index in [1.54, 1.807) is 17.9 Å². The van der Waals surface area contributed by atoms with Crippen LogP contribution in [0, 0.1) is 5.92 Å². The molecule has 1 aromatic rings. The molecule has 1 fully saturated rings. The third-order valence-electron chi connectivity index (χ3n) is 7.29. The molecule has 1 heterocycles. The largest absolute Gasteiger partial charge is 0.493 e. The Bertz CT molecular complexity index is 995. The van der Waals surface area contributed by atoms with Crippen molar-refractivity contribution in [2.24, 2.45) is 22.0 Å². The zero-order chi connectivity index (χ0) is 29.5. The van der Waals surface area contributed by atoms with Crippen molar-refractivity contribution in [2.75, 3.05) is 13.2 Å². The Hall–Kier alpha value is -2.91. The van der Waals surface area contributed by atoms with Crippen LogP contribution in [0.5, 0.6) is 5.75 Å². The first-order chi connectivity index (χ1) is 19.2. The van der Waals surface area contributed by atoms with Crippen LogP contribution < -0.4 is 10.5 Å². The number of hydrogen-bond acceptors (Lipinski definition) is 5. The van der Waals surface area contributed by atoms with Gasteiger partial charge in [0.05, 0.1) is 23.9 Å². The molecule has 1 aliphatic rings. The molecule has 1 saturated heterocycles. The number of nitrogens with zero attached hydrogens (tertiary/aromatic N) is 3. The molecule has 1 aromatic carbocycles. The van der Waals surface area contributed by atoms with Crippen LogP contribution in [0.4, 0.5) is 13.2 Å². The van der Waals surface area contributed by atoms with Gasteiger partial charge in [-0.25, -0.2) is 0 Å². The molecule has 40 heavy (non-hydrogen) atoms. The van der Waals surface area contributed by atoms with Gasteiger partial charge in [0.2, 0.25) is 5.96 Å². The number of ether oxygens (including phenoxy) is 1. The highest BCUT2D eigenvalue weighted by Crippen LogP contribution is 2.38. The number of likely N-dealkylation sites (tertiary alicyclic amines) is 1. The maximum Gasteiger partial charge on any atom is 0.419 e. The average molecular weight is 569 g/mol. The molecule has 0 saturated carbocycles. The first-order valence-electron chi connectivity index (χ1n) is 14.7. The van der Waals surface area contributed by atoms with Gasteiger partial charge < -0.3 is 25.4 Å². The zero-order valence-corrected chi connectivity index (χ0v) is 24.5. The molecule has 0 radical (unpaired) electrons. The van der Waals surface area contributed by atoms with Crippen molar-refractivity contribution in [3.8, 4) is 5.75 Å². The molecule has 7 nitrogen and oxygen atoms in total. The van der Waals surface area contributed by atoms with Crippen molar-refractivity contribution >= 4 is 11.7 Å². The highest BCUT2D eigenvalue weighted by Gasteiger charge is 2.39. The number of unbranched alkanes of at least 4 members (excludes halogenated alkanes) is 6. The molecule has 1 aliphatic heterocycles. The predicted molar refractivity (Wildman–Crippen MR) is 154 cm³/mol. The number of hydrogen-bond donors (Lipinski definition) is 2. The molecule has 0 aromatic heterocycles. The molecule has 226 valence electrons. The molecule has 0 amide bonds. The van der Waals surface area contributed by atoms with Gasteiger partial charge in [0.25, 0.3) is 0 Å². The lowest BCUT2D eigenvalue weighted by atomic mass is 9.92. The summed E-state index contributed by atoms with van der Waals surface area (Å²) in [7, 11) is 0. The maximum absolute atomic E-state index is 13.9. The third-order valence-corrected chi connectivity index (χ3v) is 7.29. The predicted octanol–water partition coefficient (Wildman–Crippen LogP) is 8.06. The van der Waals surface area contributed by atoms with Crippen LogP contribution in [0.15, 0.2) is 40.3 Å². The van der Waals surface area contributed by atoms with E-state index < -0.39 is 11.7 Å². The average Bonchev–Trinajstić information content (AvgIpc) is 3.36. The van der Waals surface area contributed by atoms with Crippen LogP contribution in [0.1, 0.15) is 109 Å². The minimum atomic E-state index is -4.57. The van der Waals surface area contributed by atoms with E-state index in [0.717, 1.165) is 57.4 Å². The first-order valence-corrected chi connectivity index (χ1v) is 14.7. The van der Waals surface area contributed by atoms with Crippen molar-refractivity contribution in [1.29, 1.82) is 0 Å². The lowest BCUT2D eigenvalue weighted by molar-refractivity contribution is -0.139. The van der Waals surface area contributed by atoms with Crippen LogP contribution >= 0.6 is 0 Å². The normalized spacial score (nSPS) is 18.9. The summed E-state index contributed by atoms with van der Waals surface area (Å²) in [6, 6.07) is 3.71. The Balaban J connectivity index is 2.21. The monoisotopic (exact) mass is 568 g/mol. The van der Waals surface area contributed by atoms with E-state index in [2.05, 4.69) is 24.2 Å². The van der Waals surface area contributed by atoms with E-state index in [1.165, 1.54) is 12.5 Å². The minimum absolute atomic E-state index is 0.00155. The number of oxime groups is 2. The van der Waals surface area contributed by atoms with Gasteiger partial charge in [0.1, 0.15) is 5.75 Å². The summed E-state index contributed by atoms with van der Waals surface area (Å²) in [6.45, 7) is 8.69. The van der Waals surface area contributed by atoms with Crippen LogP contribution in [0.3, 0.4) is 0 Å². The van der Waals surface area contributed by atoms with Gasteiger partial charge in [0.15, 0.2) is 5.76 Å². The quantitative estimate of drug-likeness (QED) is 0.0525. The number of allylic oxidation sites excluding steroid dienone is 1. The maximum atomic E-state index is 13.9. The molecule has 10 heteroatoms. The van der Waals surface area contributed by atoms with Gasteiger partial charge in [-0.3, -0.25) is 0 Å². The van der Waals surface area contributed by atoms with Crippen molar-refractivity contribution in [3.63, 3.8) is 0 Å². The second-order valence-corrected chi connectivity index (χ2v) is 10.4. The van der Waals surface area contributed by atoms with E-state index in [4.69, 9.17) is 15.3 Å². The highest BCUT2D eigenvalue weighted by molar-refractivity contribution is 5.98. The van der Waals surface area contributed by atoms with E-state index in [1.807, 2.05) is 13.0 Å². The summed E-state index contributed by atoms with van der Waals surface area (Å²) < 4.78 is 47.3. The molecule has 3 N–H and O–H groups in total. The SMILES string of the molecule is CC/C=C(/O/N=C(\C)c1ccc(OCCCCCCCC)c(C(F)(F)F)c1)[C@@H]1[C@H](CCCC)CCN1/C(N)=N/O. The fraction of sp³-hybridized carbons (Fsp3) is 0.667. The smallest absolute Gasteiger partial charge is 0.419 e. The van der Waals surface area contributed by atoms with E-state index in [0.29, 0.717) is 30.9 Å². The summed E-state index contributed by atoms with van der Waals surface area (Å²) in [4.78, 5) is 7.69. The number of halogens is 3. The Morgan fingerprint density at radius 1 is 1.10 bits per heavy atom. The Morgan fingerprint density at radius 2 is 1.80 bits per heavy atom. The number of rotatable bonds is 16. The number of alkyl halides is 3. The third kappa shape index (κ3) is 9.93. The molecular weight excluding hydrogens is 521 g/mol. The van der Waals surface area contributed by atoms with Crippen molar-refractivity contribution in [2.45, 2.75) is 111 Å². The second-order valence-electron chi connectivity index (χ2n) is 10.4. The van der Waals surface area contributed by atoms with Crippen molar-refractivity contribution in [1.82, 2.24) is 4.90 Å². The Labute approximate surface area is 237 Å². The summed E-state index contributed by atoms with van der Waals surface area (Å²) >= 11 is 0. The second kappa shape index (κ2) is 17.0. The summed E-state index contributed by atoms with van der Waals surface area (Å²) in [6.07, 6.45) is 8.00. The Morgan fingerprint density at radius 3 is 2.45 bits per heavy atom. The summed E-state index contributed by atoms with van der Waals surface area (Å²) in [5.74, 6) is 0.585. The van der Waals surface area contributed by atoms with Gasteiger partial charge in [-0.05, 0) is 68.4 Å². The molecule has 0 unspecified atom stereocenters. The fourth-order valence-corrected chi connectivity index (χ4v) is 5.08. The van der Waals surface area contributed by atoms with Crippen molar-refractivity contribution < 1.29 is 28.0 Å². The van der Waals surface area contributed by atoms with Gasteiger partial charge >= 0.3 is 6.18 Å². The van der Waals surface area contributed by atoms with E-state index >= 15 is 0 Å². The molecular formula is C30H47F3N4O3. The first kappa shape index (κ1) is 33.3. The Kier molecular flexibility index (Phi) is 14.2. The number of nitrogens with two attached hydrogens (primary N) is 1. The van der Waals surface area contributed by atoms with E-state index in [9.17, 15) is 18.4 Å². The lowest BCUT2D eigenvalue weighted by Crippen LogP contribution is -2.43.